The Hall–Kier alpha value is -1.70. The maximum Gasteiger partial charge on any atom is 0.311 e. The molecule has 20 nitrogen and oxygen atoms in total. The molecule has 2 unspecified atom stereocenters. The van der Waals surface area contributed by atoms with Crippen LogP contribution in [0.3, 0.4) is 0 Å². The Morgan fingerprint density at radius 3 is 2.02 bits per heavy atom. The molecule has 0 spiro atoms. The third-order valence-electron chi connectivity index (χ3n) is 14.2. The predicted octanol–water partition coefficient (Wildman–Crippen LogP) is 0.0431. The number of oxime groups is 1. The maximum absolute atomic E-state index is 14.4. The van der Waals surface area contributed by atoms with Gasteiger partial charge in [-0.3, -0.25) is 4.79 Å². The largest absolute Gasteiger partial charge is 0.459 e. The molecule has 4 saturated heterocycles. The SMILES string of the molecule is CCC1OC(=O)[C@H](C)C(O[C@H]2C[C@@](C)(OC)[C@@H](O)[C@H](C)O2)[C@H](C)[C@@H](O[C@@H]2O[C@H](C)C[C@H](N(C)C)[C@H]2O)[C@](C)(O)C[C@@H](C)/C(=N\OC[C@H]2O[C@H](OC)[C@H](O)[C@@H](O)[C@@H]2O)[C@H](C)[C@@H](O)[C@]1(C)O. The number of rotatable bonds is 11. The summed E-state index contributed by atoms with van der Waals surface area (Å²) < 4.78 is 48.4. The van der Waals surface area contributed by atoms with Crippen LogP contribution in [0.25, 0.3) is 0 Å². The smallest absolute Gasteiger partial charge is 0.311 e. The number of carbonyl (C=O) groups excluding carboxylic acids is 1. The van der Waals surface area contributed by atoms with Gasteiger partial charge < -0.3 is 88.5 Å². The average molecular weight is 925 g/mol. The summed E-state index contributed by atoms with van der Waals surface area (Å²) in [5.74, 6) is -4.64. The summed E-state index contributed by atoms with van der Waals surface area (Å²) in [6.07, 6.45) is -17.7. The van der Waals surface area contributed by atoms with Crippen molar-refractivity contribution < 1.29 is 88.4 Å². The van der Waals surface area contributed by atoms with Crippen LogP contribution in [0.15, 0.2) is 5.16 Å². The van der Waals surface area contributed by atoms with Crippen LogP contribution >= 0.6 is 0 Å². The van der Waals surface area contributed by atoms with Crippen molar-refractivity contribution in [2.45, 2.75) is 210 Å². The minimum atomic E-state index is -2.08. The third kappa shape index (κ3) is 11.9. The molecular formula is C44H80N2O18. The van der Waals surface area contributed by atoms with E-state index in [0.717, 1.165) is 0 Å². The van der Waals surface area contributed by atoms with Gasteiger partial charge in [0, 0.05) is 44.4 Å². The van der Waals surface area contributed by atoms with Crippen molar-refractivity contribution in [2.75, 3.05) is 34.9 Å². The van der Waals surface area contributed by atoms with Crippen molar-refractivity contribution in [1.82, 2.24) is 4.90 Å². The van der Waals surface area contributed by atoms with Crippen molar-refractivity contribution in [1.29, 1.82) is 0 Å². The van der Waals surface area contributed by atoms with E-state index in [1.54, 1.807) is 48.5 Å². The van der Waals surface area contributed by atoms with E-state index in [-0.39, 0.29) is 37.1 Å². The molecule has 0 aliphatic carbocycles. The second-order valence-corrected chi connectivity index (χ2v) is 19.6. The highest BCUT2D eigenvalue weighted by Crippen LogP contribution is 2.41. The molecule has 0 radical (unpaired) electrons. The van der Waals surface area contributed by atoms with E-state index in [1.807, 2.05) is 25.9 Å². The lowest BCUT2D eigenvalue weighted by atomic mass is 9.73. The molecule has 4 fully saturated rings. The van der Waals surface area contributed by atoms with E-state index in [2.05, 4.69) is 5.16 Å². The highest BCUT2D eigenvalue weighted by molar-refractivity contribution is 5.88. The Morgan fingerprint density at radius 1 is 0.797 bits per heavy atom. The van der Waals surface area contributed by atoms with Crippen LogP contribution in [0.5, 0.6) is 0 Å². The highest BCUT2D eigenvalue weighted by atomic mass is 16.7. The number of likely N-dealkylation sites (N-methyl/N-ethyl adjacent to an activating group) is 1. The standard InChI is InChI=1S/C44H80N2O18/c1-15-28-44(10,55)36(51)22(4)30(45-58-19-27-32(48)33(49)34(50)40(56-13)61-27)20(2)17-42(8,54)38(64-41-31(47)26(46(11)12)16-21(3)59-41)23(5)35(24(6)39(53)62-28)63-29-18-43(9,57-14)37(52)25(7)60-29/h20-29,31-38,40-41,47-52,54-55H,15-19H2,1-14H3/b45-30+/t20-,21-,22+,23+,24-,25+,26+,27-,28?,29+,31-,32-,33+,34-,35?,36-,37+,38-,40+,41+,42-,43-,44-/m1/s1. The lowest BCUT2D eigenvalue weighted by Gasteiger charge is -2.49. The summed E-state index contributed by atoms with van der Waals surface area (Å²) in [5, 5.41) is 95.5. The van der Waals surface area contributed by atoms with Gasteiger partial charge in [-0.1, -0.05) is 32.9 Å². The second kappa shape index (κ2) is 22.2. The molecule has 4 heterocycles. The number of hydrogen-bond donors (Lipinski definition) is 8. The molecule has 0 aromatic rings. The van der Waals surface area contributed by atoms with Crippen LogP contribution in [-0.4, -0.2) is 207 Å². The fourth-order valence-electron chi connectivity index (χ4n) is 10.0. The minimum Gasteiger partial charge on any atom is -0.459 e. The van der Waals surface area contributed by atoms with Crippen molar-refractivity contribution in [3.05, 3.63) is 0 Å². The summed E-state index contributed by atoms with van der Waals surface area (Å²) in [6.45, 7) is 16.0. The molecule has 8 N–H and O–H groups in total. The molecule has 0 amide bonds. The van der Waals surface area contributed by atoms with Crippen molar-refractivity contribution in [3.63, 3.8) is 0 Å². The van der Waals surface area contributed by atoms with Crippen LogP contribution in [0.4, 0.5) is 0 Å². The molecule has 0 aromatic carbocycles. The Kier molecular flexibility index (Phi) is 19.0. The minimum absolute atomic E-state index is 0.0518. The van der Waals surface area contributed by atoms with Gasteiger partial charge in [0.1, 0.15) is 54.9 Å². The lowest BCUT2D eigenvalue weighted by molar-refractivity contribution is -0.317. The van der Waals surface area contributed by atoms with Gasteiger partial charge in [0.25, 0.3) is 0 Å². The van der Waals surface area contributed by atoms with Crippen molar-refractivity contribution in [3.8, 4) is 0 Å². The monoisotopic (exact) mass is 925 g/mol. The number of nitrogens with zero attached hydrogens (tertiary/aromatic N) is 2. The zero-order valence-corrected chi connectivity index (χ0v) is 40.1. The summed E-state index contributed by atoms with van der Waals surface area (Å²) >= 11 is 0. The molecule has 4 rings (SSSR count). The number of carbonyl (C=O) groups is 1. The van der Waals surface area contributed by atoms with Gasteiger partial charge >= 0.3 is 5.97 Å². The molecule has 64 heavy (non-hydrogen) atoms. The normalized spacial score (nSPS) is 49.9. The van der Waals surface area contributed by atoms with Crippen LogP contribution in [-0.2, 0) is 47.5 Å². The van der Waals surface area contributed by atoms with Gasteiger partial charge in [-0.2, -0.15) is 0 Å². The quantitative estimate of drug-likeness (QED) is 0.100. The summed E-state index contributed by atoms with van der Waals surface area (Å²) in [7, 11) is 6.40. The van der Waals surface area contributed by atoms with Gasteiger partial charge in [-0.15, -0.1) is 0 Å². The molecule has 0 aromatic heterocycles. The van der Waals surface area contributed by atoms with Gasteiger partial charge in [-0.05, 0) is 74.9 Å². The summed E-state index contributed by atoms with van der Waals surface area (Å²) in [6, 6.07) is -0.380. The predicted molar refractivity (Wildman–Crippen MR) is 228 cm³/mol. The second-order valence-electron chi connectivity index (χ2n) is 19.6. The fraction of sp³-hybridized carbons (Fsp3) is 0.955. The Labute approximate surface area is 378 Å². The van der Waals surface area contributed by atoms with Crippen LogP contribution in [0.2, 0.25) is 0 Å². The number of esters is 1. The highest BCUT2D eigenvalue weighted by Gasteiger charge is 2.54. The number of aliphatic hydroxyl groups is 8. The molecule has 4 aliphatic rings. The molecule has 0 saturated carbocycles. The van der Waals surface area contributed by atoms with Crippen molar-refractivity contribution >= 4 is 11.7 Å². The van der Waals surface area contributed by atoms with Gasteiger partial charge in [0.15, 0.2) is 18.9 Å². The fourth-order valence-corrected chi connectivity index (χ4v) is 10.0. The van der Waals surface area contributed by atoms with Crippen LogP contribution in [0.1, 0.15) is 94.9 Å². The van der Waals surface area contributed by atoms with Crippen LogP contribution < -0.4 is 0 Å². The molecule has 4 aliphatic heterocycles. The summed E-state index contributed by atoms with van der Waals surface area (Å²) in [4.78, 5) is 22.1. The average Bonchev–Trinajstić information content (AvgIpc) is 3.23. The molecule has 374 valence electrons. The molecule has 23 atom stereocenters. The molecule has 20 heteroatoms. The Bertz CT molecular complexity index is 1520. The van der Waals surface area contributed by atoms with Gasteiger partial charge in [-0.25, -0.2) is 0 Å². The van der Waals surface area contributed by atoms with E-state index in [9.17, 15) is 45.6 Å². The van der Waals surface area contributed by atoms with Gasteiger partial charge in [0.2, 0.25) is 0 Å². The first-order valence-corrected chi connectivity index (χ1v) is 22.6. The number of aliphatic hydroxyl groups excluding tert-OH is 6. The number of ether oxygens (including phenoxy) is 8. The van der Waals surface area contributed by atoms with Gasteiger partial charge in [0.05, 0.1) is 53.4 Å². The van der Waals surface area contributed by atoms with E-state index >= 15 is 0 Å². The Morgan fingerprint density at radius 2 is 1.44 bits per heavy atom. The van der Waals surface area contributed by atoms with E-state index in [1.165, 1.54) is 28.1 Å². The topological polar surface area (TPSA) is 278 Å². The first-order chi connectivity index (χ1) is 29.7. The number of cyclic esters (lactones) is 1. The van der Waals surface area contributed by atoms with Crippen molar-refractivity contribution in [2.24, 2.45) is 28.8 Å². The van der Waals surface area contributed by atoms with Crippen LogP contribution in [0, 0.1) is 23.7 Å². The van der Waals surface area contributed by atoms with E-state index in [0.29, 0.717) is 6.42 Å². The zero-order valence-electron chi connectivity index (χ0n) is 40.1. The van der Waals surface area contributed by atoms with E-state index in [4.69, 9.17) is 42.7 Å². The summed E-state index contributed by atoms with van der Waals surface area (Å²) in [5.41, 5.74) is -4.91. The first kappa shape index (κ1) is 54.9. The molecular weight excluding hydrogens is 844 g/mol. The third-order valence-corrected chi connectivity index (χ3v) is 14.2. The Balaban J connectivity index is 1.85. The molecule has 0 bridgehead atoms. The lowest BCUT2D eigenvalue weighted by Crippen LogP contribution is -2.61. The first-order valence-electron chi connectivity index (χ1n) is 22.6. The number of methoxy groups -OCH3 is 2. The maximum atomic E-state index is 14.4. The van der Waals surface area contributed by atoms with E-state index < -0.39 is 139 Å². The number of hydrogen-bond acceptors (Lipinski definition) is 20. The zero-order chi connectivity index (χ0) is 48.4.